The van der Waals surface area contributed by atoms with Crippen molar-refractivity contribution in [1.82, 2.24) is 5.32 Å². The molecule has 0 saturated carbocycles. The Morgan fingerprint density at radius 2 is 2.13 bits per heavy atom. The molecular weight excluding hydrogens is 188 g/mol. The summed E-state index contributed by atoms with van der Waals surface area (Å²) < 4.78 is 0. The summed E-state index contributed by atoms with van der Waals surface area (Å²) in [4.78, 5) is 11.7. The normalized spacial score (nSPS) is 10.4. The van der Waals surface area contributed by atoms with Crippen LogP contribution in [0, 0.1) is 12.8 Å². The molecule has 0 heterocycles. The molecule has 3 heteroatoms. The molecule has 3 nitrogen and oxygen atoms in total. The van der Waals surface area contributed by atoms with E-state index < -0.39 is 0 Å². The molecule has 0 aromatic heterocycles. The zero-order valence-corrected chi connectivity index (χ0v) is 9.50. The fraction of sp³-hybridized carbons (Fsp3) is 0.417. The number of benzene rings is 1. The summed E-state index contributed by atoms with van der Waals surface area (Å²) in [5.41, 5.74) is 7.93. The topological polar surface area (TPSA) is 55.1 Å². The van der Waals surface area contributed by atoms with Gasteiger partial charge in [-0.25, -0.2) is 0 Å². The van der Waals surface area contributed by atoms with Crippen LogP contribution in [0.1, 0.15) is 29.8 Å². The zero-order chi connectivity index (χ0) is 11.4. The minimum Gasteiger partial charge on any atom is -0.398 e. The summed E-state index contributed by atoms with van der Waals surface area (Å²) in [6.45, 7) is 6.73. The molecule has 0 bridgehead atoms. The highest BCUT2D eigenvalue weighted by atomic mass is 16.1. The highest BCUT2D eigenvalue weighted by Crippen LogP contribution is 2.13. The first kappa shape index (κ1) is 11.6. The Labute approximate surface area is 90.7 Å². The van der Waals surface area contributed by atoms with Gasteiger partial charge in [-0.3, -0.25) is 4.79 Å². The maximum atomic E-state index is 11.7. The van der Waals surface area contributed by atoms with Gasteiger partial charge in [-0.2, -0.15) is 0 Å². The van der Waals surface area contributed by atoms with E-state index in [-0.39, 0.29) is 5.91 Å². The SMILES string of the molecule is Cc1ccc(C(=O)NCC(C)C)c(N)c1. The smallest absolute Gasteiger partial charge is 0.253 e. The molecule has 0 saturated heterocycles. The van der Waals surface area contributed by atoms with E-state index in [4.69, 9.17) is 5.73 Å². The number of carbonyl (C=O) groups is 1. The lowest BCUT2D eigenvalue weighted by molar-refractivity contribution is 0.0950. The molecule has 15 heavy (non-hydrogen) atoms. The fourth-order valence-electron chi connectivity index (χ4n) is 1.28. The van der Waals surface area contributed by atoms with E-state index in [2.05, 4.69) is 19.2 Å². The van der Waals surface area contributed by atoms with Gasteiger partial charge in [-0.1, -0.05) is 19.9 Å². The Morgan fingerprint density at radius 3 is 2.67 bits per heavy atom. The van der Waals surface area contributed by atoms with Gasteiger partial charge in [0.1, 0.15) is 0 Å². The minimum absolute atomic E-state index is 0.0961. The molecule has 82 valence electrons. The Bertz CT molecular complexity index is 359. The average molecular weight is 206 g/mol. The van der Waals surface area contributed by atoms with Gasteiger partial charge in [0.2, 0.25) is 0 Å². The van der Waals surface area contributed by atoms with Gasteiger partial charge in [0.25, 0.3) is 5.91 Å². The van der Waals surface area contributed by atoms with E-state index in [0.717, 1.165) is 5.56 Å². The molecule has 1 aromatic rings. The maximum Gasteiger partial charge on any atom is 0.253 e. The number of hydrogen-bond donors (Lipinski definition) is 2. The Balaban J connectivity index is 2.74. The van der Waals surface area contributed by atoms with Crippen molar-refractivity contribution < 1.29 is 4.79 Å². The summed E-state index contributed by atoms with van der Waals surface area (Å²) in [6, 6.07) is 5.46. The second-order valence-corrected chi connectivity index (χ2v) is 4.19. The third-order valence-electron chi connectivity index (χ3n) is 2.12. The lowest BCUT2D eigenvalue weighted by Crippen LogP contribution is -2.27. The van der Waals surface area contributed by atoms with Gasteiger partial charge in [-0.05, 0) is 30.5 Å². The molecule has 0 radical (unpaired) electrons. The number of rotatable bonds is 3. The summed E-state index contributed by atoms with van der Waals surface area (Å²) in [7, 11) is 0. The van der Waals surface area contributed by atoms with Crippen molar-refractivity contribution in [1.29, 1.82) is 0 Å². The van der Waals surface area contributed by atoms with E-state index in [1.165, 1.54) is 0 Å². The average Bonchev–Trinajstić information content (AvgIpc) is 2.14. The molecule has 0 aliphatic carbocycles. The van der Waals surface area contributed by atoms with Crippen molar-refractivity contribution in [2.45, 2.75) is 20.8 Å². The molecule has 0 spiro atoms. The van der Waals surface area contributed by atoms with E-state index >= 15 is 0 Å². The second kappa shape index (κ2) is 4.82. The third-order valence-corrected chi connectivity index (χ3v) is 2.12. The van der Waals surface area contributed by atoms with Gasteiger partial charge in [0.15, 0.2) is 0 Å². The molecule has 1 amide bonds. The number of carbonyl (C=O) groups excluding carboxylic acids is 1. The summed E-state index contributed by atoms with van der Waals surface area (Å²) in [5.74, 6) is 0.349. The van der Waals surface area contributed by atoms with E-state index in [0.29, 0.717) is 23.7 Å². The lowest BCUT2D eigenvalue weighted by atomic mass is 10.1. The first-order chi connectivity index (χ1) is 7.00. The molecule has 3 N–H and O–H groups in total. The third kappa shape index (κ3) is 3.27. The Kier molecular flexibility index (Phi) is 3.72. The van der Waals surface area contributed by atoms with Crippen molar-refractivity contribution in [3.05, 3.63) is 29.3 Å². The van der Waals surface area contributed by atoms with E-state index in [1.54, 1.807) is 6.07 Å². The maximum absolute atomic E-state index is 11.7. The van der Waals surface area contributed by atoms with Gasteiger partial charge in [-0.15, -0.1) is 0 Å². The molecule has 1 rings (SSSR count). The number of anilines is 1. The predicted molar refractivity (Wildman–Crippen MR) is 62.8 cm³/mol. The van der Waals surface area contributed by atoms with Crippen LogP contribution in [0.25, 0.3) is 0 Å². The number of amides is 1. The number of aryl methyl sites for hydroxylation is 1. The van der Waals surface area contributed by atoms with Gasteiger partial charge in [0, 0.05) is 12.2 Å². The first-order valence-corrected chi connectivity index (χ1v) is 5.15. The number of nitrogens with one attached hydrogen (secondary N) is 1. The molecule has 0 fully saturated rings. The number of hydrogen-bond acceptors (Lipinski definition) is 2. The van der Waals surface area contributed by atoms with Crippen LogP contribution in [0.5, 0.6) is 0 Å². The highest BCUT2D eigenvalue weighted by molar-refractivity contribution is 5.99. The lowest BCUT2D eigenvalue weighted by Gasteiger charge is -2.09. The predicted octanol–water partition coefficient (Wildman–Crippen LogP) is 1.96. The van der Waals surface area contributed by atoms with Crippen molar-refractivity contribution in [3.63, 3.8) is 0 Å². The Hall–Kier alpha value is -1.51. The molecular formula is C12H18N2O. The van der Waals surface area contributed by atoms with E-state index in [1.807, 2.05) is 19.1 Å². The minimum atomic E-state index is -0.0961. The van der Waals surface area contributed by atoms with Crippen LogP contribution >= 0.6 is 0 Å². The van der Waals surface area contributed by atoms with Crippen LogP contribution in [-0.4, -0.2) is 12.5 Å². The van der Waals surface area contributed by atoms with Crippen molar-refractivity contribution in [3.8, 4) is 0 Å². The summed E-state index contributed by atoms with van der Waals surface area (Å²) >= 11 is 0. The van der Waals surface area contributed by atoms with Crippen LogP contribution in [0.15, 0.2) is 18.2 Å². The molecule has 0 aliphatic heterocycles. The van der Waals surface area contributed by atoms with Crippen LogP contribution in [0.2, 0.25) is 0 Å². The van der Waals surface area contributed by atoms with Gasteiger partial charge >= 0.3 is 0 Å². The van der Waals surface area contributed by atoms with E-state index in [9.17, 15) is 4.79 Å². The van der Waals surface area contributed by atoms with Crippen LogP contribution in [0.3, 0.4) is 0 Å². The number of nitrogens with two attached hydrogens (primary N) is 1. The van der Waals surface area contributed by atoms with Crippen molar-refractivity contribution in [2.75, 3.05) is 12.3 Å². The fourth-order valence-corrected chi connectivity index (χ4v) is 1.28. The summed E-state index contributed by atoms with van der Waals surface area (Å²) in [6.07, 6.45) is 0. The van der Waals surface area contributed by atoms with Crippen LogP contribution in [-0.2, 0) is 0 Å². The van der Waals surface area contributed by atoms with Gasteiger partial charge in [0.05, 0.1) is 5.56 Å². The highest BCUT2D eigenvalue weighted by Gasteiger charge is 2.09. The zero-order valence-electron chi connectivity index (χ0n) is 9.50. The van der Waals surface area contributed by atoms with Crippen LogP contribution < -0.4 is 11.1 Å². The quantitative estimate of drug-likeness (QED) is 0.743. The Morgan fingerprint density at radius 1 is 1.47 bits per heavy atom. The number of nitrogen functional groups attached to an aromatic ring is 1. The monoisotopic (exact) mass is 206 g/mol. The first-order valence-electron chi connectivity index (χ1n) is 5.15. The molecule has 1 aromatic carbocycles. The largest absolute Gasteiger partial charge is 0.398 e. The van der Waals surface area contributed by atoms with Crippen molar-refractivity contribution >= 4 is 11.6 Å². The molecule has 0 unspecified atom stereocenters. The molecule has 0 aliphatic rings. The van der Waals surface area contributed by atoms with Gasteiger partial charge < -0.3 is 11.1 Å². The van der Waals surface area contributed by atoms with Crippen molar-refractivity contribution in [2.24, 2.45) is 5.92 Å². The van der Waals surface area contributed by atoms with Crippen LogP contribution in [0.4, 0.5) is 5.69 Å². The molecule has 0 atom stereocenters. The summed E-state index contributed by atoms with van der Waals surface area (Å²) in [5, 5.41) is 2.84. The second-order valence-electron chi connectivity index (χ2n) is 4.19. The standard InChI is InChI=1S/C12H18N2O/c1-8(2)7-14-12(15)10-5-4-9(3)6-11(10)13/h4-6,8H,7,13H2,1-3H3,(H,14,15).